The molecule has 1 amide bonds. The van der Waals surface area contributed by atoms with Gasteiger partial charge in [0.2, 0.25) is 0 Å². The van der Waals surface area contributed by atoms with Crippen LogP contribution in [-0.2, 0) is 6.42 Å². The van der Waals surface area contributed by atoms with Gasteiger partial charge < -0.3 is 9.88 Å². The van der Waals surface area contributed by atoms with Crippen molar-refractivity contribution in [3.05, 3.63) is 64.8 Å². The van der Waals surface area contributed by atoms with Crippen molar-refractivity contribution in [3.63, 3.8) is 0 Å². The lowest BCUT2D eigenvalue weighted by Crippen LogP contribution is -2.28. The first-order chi connectivity index (χ1) is 10.2. The number of para-hydroxylation sites is 1. The molecule has 0 fully saturated rings. The van der Waals surface area contributed by atoms with E-state index in [1.54, 1.807) is 6.20 Å². The number of benzene rings is 2. The number of carbonyl (C=O) groups excluding carboxylic acids is 1. The Hall–Kier alpha value is -2.26. The van der Waals surface area contributed by atoms with Gasteiger partial charge in [0.05, 0.1) is 5.56 Å². The molecule has 2 heterocycles. The van der Waals surface area contributed by atoms with Crippen molar-refractivity contribution in [3.8, 4) is 0 Å². The van der Waals surface area contributed by atoms with Crippen LogP contribution in [0.2, 0.25) is 5.02 Å². The molecule has 0 unspecified atom stereocenters. The summed E-state index contributed by atoms with van der Waals surface area (Å²) in [4.78, 5) is 17.8. The fourth-order valence-corrected chi connectivity index (χ4v) is 3.14. The van der Waals surface area contributed by atoms with Crippen LogP contribution in [0, 0.1) is 0 Å². The van der Waals surface area contributed by atoms with Gasteiger partial charge in [0.15, 0.2) is 0 Å². The van der Waals surface area contributed by atoms with Gasteiger partial charge in [0.25, 0.3) is 5.91 Å². The first-order valence-corrected chi connectivity index (χ1v) is 7.28. The Morgan fingerprint density at radius 2 is 2.05 bits per heavy atom. The van der Waals surface area contributed by atoms with E-state index in [2.05, 4.69) is 11.1 Å². The standard InChI is InChI=1S/C17H13ClN2O/c18-12-5-6-13-14(10-19-15(13)9-12)17(21)20-8-7-11-3-1-2-4-16(11)20/h1-6,9-10,19H,7-8H2. The van der Waals surface area contributed by atoms with Gasteiger partial charge in [0.1, 0.15) is 0 Å². The minimum atomic E-state index is 0.0357. The zero-order valence-corrected chi connectivity index (χ0v) is 12.0. The van der Waals surface area contributed by atoms with E-state index in [9.17, 15) is 4.79 Å². The third-order valence-electron chi connectivity index (χ3n) is 4.01. The van der Waals surface area contributed by atoms with Crippen LogP contribution >= 0.6 is 11.6 Å². The zero-order chi connectivity index (χ0) is 14.4. The van der Waals surface area contributed by atoms with Crippen LogP contribution in [0.25, 0.3) is 10.9 Å². The Kier molecular flexibility index (Phi) is 2.76. The number of nitrogens with one attached hydrogen (secondary N) is 1. The molecule has 0 saturated carbocycles. The number of H-pyrrole nitrogens is 1. The molecule has 4 heteroatoms. The number of amides is 1. The maximum atomic E-state index is 12.8. The zero-order valence-electron chi connectivity index (χ0n) is 11.3. The van der Waals surface area contributed by atoms with E-state index < -0.39 is 0 Å². The minimum Gasteiger partial charge on any atom is -0.360 e. The van der Waals surface area contributed by atoms with E-state index in [1.807, 2.05) is 41.3 Å². The lowest BCUT2D eigenvalue weighted by Gasteiger charge is -2.16. The van der Waals surface area contributed by atoms with Crippen molar-refractivity contribution in [1.82, 2.24) is 4.98 Å². The Morgan fingerprint density at radius 3 is 2.95 bits per heavy atom. The van der Waals surface area contributed by atoms with Crippen LogP contribution in [0.4, 0.5) is 5.69 Å². The molecule has 0 bridgehead atoms. The second kappa shape index (κ2) is 4.64. The molecular formula is C17H13ClN2O. The van der Waals surface area contributed by atoms with E-state index in [4.69, 9.17) is 11.6 Å². The number of aromatic amines is 1. The van der Waals surface area contributed by atoms with Crippen molar-refractivity contribution in [2.75, 3.05) is 11.4 Å². The Bertz CT molecular complexity index is 853. The van der Waals surface area contributed by atoms with E-state index >= 15 is 0 Å². The van der Waals surface area contributed by atoms with Gasteiger partial charge in [-0.05, 0) is 30.2 Å². The van der Waals surface area contributed by atoms with E-state index in [0.717, 1.165) is 29.6 Å². The average molecular weight is 297 g/mol. The monoisotopic (exact) mass is 296 g/mol. The maximum absolute atomic E-state index is 12.8. The molecule has 0 saturated heterocycles. The second-order valence-electron chi connectivity index (χ2n) is 5.23. The molecule has 0 radical (unpaired) electrons. The summed E-state index contributed by atoms with van der Waals surface area (Å²) < 4.78 is 0. The van der Waals surface area contributed by atoms with Gasteiger partial charge in [0, 0.05) is 34.4 Å². The number of hydrogen-bond donors (Lipinski definition) is 1. The fraction of sp³-hybridized carbons (Fsp3) is 0.118. The number of anilines is 1. The summed E-state index contributed by atoms with van der Waals surface area (Å²) in [7, 11) is 0. The summed E-state index contributed by atoms with van der Waals surface area (Å²) in [5.74, 6) is 0.0357. The van der Waals surface area contributed by atoms with Crippen LogP contribution in [-0.4, -0.2) is 17.4 Å². The minimum absolute atomic E-state index is 0.0357. The summed E-state index contributed by atoms with van der Waals surface area (Å²) in [6.45, 7) is 0.735. The molecule has 0 spiro atoms. The quantitative estimate of drug-likeness (QED) is 0.723. The Balaban J connectivity index is 1.78. The van der Waals surface area contributed by atoms with Crippen LogP contribution in [0.1, 0.15) is 15.9 Å². The summed E-state index contributed by atoms with van der Waals surface area (Å²) >= 11 is 5.99. The molecule has 0 aliphatic carbocycles. The second-order valence-corrected chi connectivity index (χ2v) is 5.66. The Labute approximate surface area is 127 Å². The van der Waals surface area contributed by atoms with Crippen LogP contribution in [0.3, 0.4) is 0 Å². The van der Waals surface area contributed by atoms with Crippen LogP contribution < -0.4 is 4.90 Å². The van der Waals surface area contributed by atoms with E-state index in [0.29, 0.717) is 10.6 Å². The van der Waals surface area contributed by atoms with E-state index in [1.165, 1.54) is 5.56 Å². The van der Waals surface area contributed by atoms with Gasteiger partial charge in [-0.25, -0.2) is 0 Å². The number of nitrogens with zero attached hydrogens (tertiary/aromatic N) is 1. The fourth-order valence-electron chi connectivity index (χ4n) is 2.97. The largest absolute Gasteiger partial charge is 0.360 e. The highest BCUT2D eigenvalue weighted by Crippen LogP contribution is 2.31. The first-order valence-electron chi connectivity index (χ1n) is 6.90. The van der Waals surface area contributed by atoms with Gasteiger partial charge in [-0.1, -0.05) is 35.9 Å². The SMILES string of the molecule is O=C(c1c[nH]c2cc(Cl)ccc12)N1CCc2ccccc21. The van der Waals surface area contributed by atoms with Gasteiger partial charge in [-0.2, -0.15) is 0 Å². The maximum Gasteiger partial charge on any atom is 0.260 e. The summed E-state index contributed by atoms with van der Waals surface area (Å²) in [5, 5.41) is 1.57. The molecule has 0 atom stereocenters. The summed E-state index contributed by atoms with van der Waals surface area (Å²) in [5.41, 5.74) is 3.83. The summed E-state index contributed by atoms with van der Waals surface area (Å²) in [6.07, 6.45) is 2.68. The highest BCUT2D eigenvalue weighted by Gasteiger charge is 2.26. The Morgan fingerprint density at radius 1 is 1.19 bits per heavy atom. The molecule has 1 aliphatic rings. The van der Waals surface area contributed by atoms with Crippen molar-refractivity contribution in [2.45, 2.75) is 6.42 Å². The van der Waals surface area contributed by atoms with Crippen molar-refractivity contribution < 1.29 is 4.79 Å². The highest BCUT2D eigenvalue weighted by atomic mass is 35.5. The molecule has 2 aromatic carbocycles. The first kappa shape index (κ1) is 12.5. The number of fused-ring (bicyclic) bond motifs is 2. The third-order valence-corrected chi connectivity index (χ3v) is 4.24. The van der Waals surface area contributed by atoms with Crippen LogP contribution in [0.5, 0.6) is 0 Å². The number of carbonyl (C=O) groups is 1. The average Bonchev–Trinajstić information content (AvgIpc) is 3.10. The number of halogens is 1. The molecule has 21 heavy (non-hydrogen) atoms. The molecule has 4 rings (SSSR count). The molecular weight excluding hydrogens is 284 g/mol. The van der Waals surface area contributed by atoms with E-state index in [-0.39, 0.29) is 5.91 Å². The molecule has 1 aromatic heterocycles. The topological polar surface area (TPSA) is 36.1 Å². The normalized spacial score (nSPS) is 13.7. The molecule has 3 aromatic rings. The van der Waals surface area contributed by atoms with Crippen molar-refractivity contribution >= 4 is 34.1 Å². The molecule has 104 valence electrons. The van der Waals surface area contributed by atoms with Gasteiger partial charge in [-0.3, -0.25) is 4.79 Å². The predicted molar refractivity (Wildman–Crippen MR) is 85.1 cm³/mol. The molecule has 3 nitrogen and oxygen atoms in total. The highest BCUT2D eigenvalue weighted by molar-refractivity contribution is 6.31. The van der Waals surface area contributed by atoms with Gasteiger partial charge >= 0.3 is 0 Å². The van der Waals surface area contributed by atoms with Crippen molar-refractivity contribution in [2.24, 2.45) is 0 Å². The lowest BCUT2D eigenvalue weighted by atomic mass is 10.1. The number of aromatic nitrogens is 1. The lowest BCUT2D eigenvalue weighted by molar-refractivity contribution is 0.0991. The van der Waals surface area contributed by atoms with Gasteiger partial charge in [-0.15, -0.1) is 0 Å². The third kappa shape index (κ3) is 1.93. The molecule has 1 aliphatic heterocycles. The predicted octanol–water partition coefficient (Wildman–Crippen LogP) is 4.02. The number of rotatable bonds is 1. The smallest absolute Gasteiger partial charge is 0.260 e. The van der Waals surface area contributed by atoms with Crippen molar-refractivity contribution in [1.29, 1.82) is 0 Å². The number of hydrogen-bond acceptors (Lipinski definition) is 1. The summed E-state index contributed by atoms with van der Waals surface area (Å²) in [6, 6.07) is 13.6. The van der Waals surface area contributed by atoms with Crippen LogP contribution in [0.15, 0.2) is 48.7 Å². The molecule has 1 N–H and O–H groups in total.